The summed E-state index contributed by atoms with van der Waals surface area (Å²) in [7, 11) is -4.39. The summed E-state index contributed by atoms with van der Waals surface area (Å²) < 4.78 is 65.1. The summed E-state index contributed by atoms with van der Waals surface area (Å²) in [6.07, 6.45) is -4.76. The molecule has 0 amide bonds. The Labute approximate surface area is 119 Å². The number of nitrogens with zero attached hydrogens (tertiary/aromatic N) is 1. The van der Waals surface area contributed by atoms with Crippen LogP contribution in [0.3, 0.4) is 0 Å². The lowest BCUT2D eigenvalue weighted by molar-refractivity contribution is -0.139. The predicted molar refractivity (Wildman–Crippen MR) is 70.3 cm³/mol. The molecule has 0 aliphatic carbocycles. The van der Waals surface area contributed by atoms with Crippen molar-refractivity contribution in [3.8, 4) is 0 Å². The molecule has 0 unspecified atom stereocenters. The van der Waals surface area contributed by atoms with E-state index in [1.54, 1.807) is 13.8 Å². The molecule has 0 fully saturated rings. The van der Waals surface area contributed by atoms with E-state index in [1.165, 1.54) is 6.07 Å². The number of alkyl halides is 3. The maximum Gasteiger partial charge on any atom is 0.417 e. The number of anilines is 1. The number of aromatic amines is 1. The van der Waals surface area contributed by atoms with Crippen molar-refractivity contribution in [3.63, 3.8) is 0 Å². The van der Waals surface area contributed by atoms with Gasteiger partial charge in [-0.15, -0.1) is 0 Å². The van der Waals surface area contributed by atoms with Crippen molar-refractivity contribution in [3.05, 3.63) is 41.1 Å². The van der Waals surface area contributed by atoms with Gasteiger partial charge in [-0.3, -0.25) is 9.82 Å². The van der Waals surface area contributed by atoms with Crippen LogP contribution in [-0.2, 0) is 16.2 Å². The topological polar surface area (TPSA) is 74.8 Å². The van der Waals surface area contributed by atoms with E-state index in [2.05, 4.69) is 14.9 Å². The average Bonchev–Trinajstić information content (AvgIpc) is 2.69. The second-order valence-electron chi connectivity index (χ2n) is 4.42. The van der Waals surface area contributed by atoms with Gasteiger partial charge in [0.25, 0.3) is 10.0 Å². The molecule has 1 heterocycles. The van der Waals surface area contributed by atoms with Gasteiger partial charge in [-0.25, -0.2) is 8.42 Å². The first kappa shape index (κ1) is 15.4. The second kappa shape index (κ2) is 5.06. The highest BCUT2D eigenvalue weighted by Gasteiger charge is 2.37. The maximum atomic E-state index is 12.9. The fourth-order valence-electron chi connectivity index (χ4n) is 1.70. The zero-order chi connectivity index (χ0) is 15.8. The summed E-state index contributed by atoms with van der Waals surface area (Å²) in [5.41, 5.74) is -0.0812. The van der Waals surface area contributed by atoms with Gasteiger partial charge in [0, 0.05) is 11.3 Å². The average molecular weight is 319 g/mol. The van der Waals surface area contributed by atoms with Crippen molar-refractivity contribution in [1.29, 1.82) is 0 Å². The molecule has 2 rings (SSSR count). The molecule has 114 valence electrons. The highest BCUT2D eigenvalue weighted by Crippen LogP contribution is 2.34. The van der Waals surface area contributed by atoms with E-state index >= 15 is 0 Å². The Morgan fingerprint density at radius 2 is 1.81 bits per heavy atom. The summed E-state index contributed by atoms with van der Waals surface area (Å²) in [5.74, 6) is -0.0236. The highest BCUT2D eigenvalue weighted by molar-refractivity contribution is 7.92. The van der Waals surface area contributed by atoms with E-state index in [1.807, 2.05) is 0 Å². The lowest BCUT2D eigenvalue weighted by atomic mass is 10.2. The Morgan fingerprint density at radius 3 is 2.33 bits per heavy atom. The molecule has 0 radical (unpaired) electrons. The Morgan fingerprint density at radius 1 is 1.19 bits per heavy atom. The molecule has 0 aliphatic heterocycles. The SMILES string of the molecule is Cc1[nH]nc(NS(=O)(=O)c2ccccc2C(F)(F)F)c1C. The third-order valence-electron chi connectivity index (χ3n) is 2.97. The van der Waals surface area contributed by atoms with Gasteiger partial charge in [-0.05, 0) is 26.0 Å². The largest absolute Gasteiger partial charge is 0.417 e. The van der Waals surface area contributed by atoms with Crippen molar-refractivity contribution in [2.45, 2.75) is 24.9 Å². The minimum Gasteiger partial charge on any atom is -0.280 e. The molecule has 2 aromatic rings. The van der Waals surface area contributed by atoms with Crippen LogP contribution in [0.1, 0.15) is 16.8 Å². The van der Waals surface area contributed by atoms with Gasteiger partial charge < -0.3 is 0 Å². The standard InChI is InChI=1S/C12H12F3N3O2S/c1-7-8(2)16-17-11(7)18-21(19,20)10-6-4-3-5-9(10)12(13,14)15/h3-6H,1-2H3,(H2,16,17,18). The van der Waals surface area contributed by atoms with Gasteiger partial charge >= 0.3 is 6.18 Å². The summed E-state index contributed by atoms with van der Waals surface area (Å²) in [5, 5.41) is 6.28. The smallest absolute Gasteiger partial charge is 0.280 e. The second-order valence-corrected chi connectivity index (χ2v) is 6.07. The van der Waals surface area contributed by atoms with Crippen LogP contribution in [0.2, 0.25) is 0 Å². The number of sulfonamides is 1. The number of hydrogen-bond donors (Lipinski definition) is 2. The molecule has 0 spiro atoms. The number of H-pyrrole nitrogens is 1. The number of benzene rings is 1. The third-order valence-corrected chi connectivity index (χ3v) is 4.36. The lowest BCUT2D eigenvalue weighted by Crippen LogP contribution is -2.19. The fraction of sp³-hybridized carbons (Fsp3) is 0.250. The fourth-order valence-corrected chi connectivity index (χ4v) is 3.00. The first-order valence-corrected chi connectivity index (χ1v) is 7.32. The molecule has 21 heavy (non-hydrogen) atoms. The van der Waals surface area contributed by atoms with Crippen LogP contribution in [0.15, 0.2) is 29.2 Å². The van der Waals surface area contributed by atoms with E-state index in [9.17, 15) is 21.6 Å². The van der Waals surface area contributed by atoms with Gasteiger partial charge in [-0.2, -0.15) is 18.3 Å². The molecule has 1 aromatic carbocycles. The van der Waals surface area contributed by atoms with Crippen LogP contribution in [0.4, 0.5) is 19.0 Å². The van der Waals surface area contributed by atoms with Crippen LogP contribution in [0, 0.1) is 13.8 Å². The zero-order valence-corrected chi connectivity index (χ0v) is 11.9. The highest BCUT2D eigenvalue weighted by atomic mass is 32.2. The van der Waals surface area contributed by atoms with Crippen LogP contribution in [-0.4, -0.2) is 18.6 Å². The molecule has 0 saturated carbocycles. The molecule has 2 N–H and O–H groups in total. The van der Waals surface area contributed by atoms with E-state index in [0.29, 0.717) is 11.3 Å². The van der Waals surface area contributed by atoms with Crippen molar-refractivity contribution in [2.24, 2.45) is 0 Å². The van der Waals surface area contributed by atoms with Gasteiger partial charge in [0.05, 0.1) is 10.5 Å². The first-order chi connectivity index (χ1) is 9.63. The number of aryl methyl sites for hydroxylation is 1. The molecular formula is C12H12F3N3O2S. The minimum absolute atomic E-state index is 0.0236. The van der Waals surface area contributed by atoms with Crippen molar-refractivity contribution >= 4 is 15.8 Å². The number of halogens is 3. The third kappa shape index (κ3) is 3.02. The van der Waals surface area contributed by atoms with Crippen molar-refractivity contribution in [2.75, 3.05) is 4.72 Å². The van der Waals surface area contributed by atoms with Crippen molar-refractivity contribution in [1.82, 2.24) is 10.2 Å². The Bertz CT molecular complexity index is 766. The van der Waals surface area contributed by atoms with E-state index < -0.39 is 26.7 Å². The summed E-state index contributed by atoms with van der Waals surface area (Å²) in [6.45, 7) is 3.27. The van der Waals surface area contributed by atoms with E-state index in [-0.39, 0.29) is 5.82 Å². The minimum atomic E-state index is -4.76. The number of nitrogens with one attached hydrogen (secondary N) is 2. The first-order valence-electron chi connectivity index (χ1n) is 5.83. The summed E-state index contributed by atoms with van der Waals surface area (Å²) in [6, 6.07) is 3.98. The van der Waals surface area contributed by atoms with Gasteiger partial charge in [0.1, 0.15) is 0 Å². The quantitative estimate of drug-likeness (QED) is 0.913. The maximum absolute atomic E-state index is 12.9. The molecule has 5 nitrogen and oxygen atoms in total. The van der Waals surface area contributed by atoms with Crippen molar-refractivity contribution < 1.29 is 21.6 Å². The van der Waals surface area contributed by atoms with E-state index in [4.69, 9.17) is 0 Å². The van der Waals surface area contributed by atoms with Gasteiger partial charge in [0.15, 0.2) is 5.82 Å². The van der Waals surface area contributed by atoms with Crippen LogP contribution >= 0.6 is 0 Å². The van der Waals surface area contributed by atoms with Gasteiger partial charge in [0.2, 0.25) is 0 Å². The summed E-state index contributed by atoms with van der Waals surface area (Å²) >= 11 is 0. The summed E-state index contributed by atoms with van der Waals surface area (Å²) in [4.78, 5) is -0.836. The Hall–Kier alpha value is -2.03. The molecule has 9 heteroatoms. The van der Waals surface area contributed by atoms with Crippen LogP contribution < -0.4 is 4.72 Å². The van der Waals surface area contributed by atoms with Gasteiger partial charge in [-0.1, -0.05) is 12.1 Å². The molecule has 1 aromatic heterocycles. The predicted octanol–water partition coefficient (Wildman–Crippen LogP) is 2.85. The van der Waals surface area contributed by atoms with Crippen LogP contribution in [0.5, 0.6) is 0 Å². The molecule has 0 bridgehead atoms. The Kier molecular flexibility index (Phi) is 3.70. The number of aromatic nitrogens is 2. The Balaban J connectivity index is 2.48. The zero-order valence-electron chi connectivity index (χ0n) is 11.1. The molecule has 0 saturated heterocycles. The number of hydrogen-bond acceptors (Lipinski definition) is 3. The molecule has 0 aliphatic rings. The lowest BCUT2D eigenvalue weighted by Gasteiger charge is -2.13. The normalized spacial score (nSPS) is 12.4. The molecular weight excluding hydrogens is 307 g/mol. The van der Waals surface area contributed by atoms with Crippen LogP contribution in [0.25, 0.3) is 0 Å². The molecule has 0 atom stereocenters. The number of rotatable bonds is 3. The van der Waals surface area contributed by atoms with E-state index in [0.717, 1.165) is 18.2 Å². The monoisotopic (exact) mass is 319 g/mol.